The van der Waals surface area contributed by atoms with Crippen molar-refractivity contribution in [3.05, 3.63) is 27.6 Å². The Kier molecular flexibility index (Phi) is 5.68. The summed E-state index contributed by atoms with van der Waals surface area (Å²) in [5, 5.41) is 5.72. The average Bonchev–Trinajstić information content (AvgIpc) is 2.23. The summed E-state index contributed by atoms with van der Waals surface area (Å²) in [5.74, 6) is -0.413. The van der Waals surface area contributed by atoms with Gasteiger partial charge in [-0.3, -0.25) is 4.79 Å². The number of carbonyl (C=O) groups is 1. The zero-order chi connectivity index (χ0) is 12.0. The molecule has 1 amide bonds. The van der Waals surface area contributed by atoms with Crippen LogP contribution in [0.2, 0.25) is 0 Å². The van der Waals surface area contributed by atoms with Gasteiger partial charge in [-0.05, 0) is 53.8 Å². The van der Waals surface area contributed by atoms with Crippen LogP contribution in [0.1, 0.15) is 13.3 Å². The largest absolute Gasteiger partial charge is 0.324 e. The van der Waals surface area contributed by atoms with Crippen molar-refractivity contribution in [1.29, 1.82) is 0 Å². The smallest absolute Gasteiger partial charge is 0.238 e. The number of nitrogens with one attached hydrogen (secondary N) is 2. The lowest BCUT2D eigenvalue weighted by Gasteiger charge is -2.07. The van der Waals surface area contributed by atoms with Crippen LogP contribution in [0.4, 0.5) is 10.1 Å². The summed E-state index contributed by atoms with van der Waals surface area (Å²) in [6.07, 6.45) is 0.987. The fourth-order valence-electron chi connectivity index (χ4n) is 1.16. The highest BCUT2D eigenvalue weighted by Gasteiger charge is 2.05. The van der Waals surface area contributed by atoms with E-state index in [1.54, 1.807) is 6.07 Å². The predicted octanol–water partition coefficient (Wildman–Crippen LogP) is 2.37. The maximum absolute atomic E-state index is 12.8. The Morgan fingerprint density at radius 2 is 2.25 bits per heavy atom. The molecule has 16 heavy (non-hydrogen) atoms. The molecule has 0 aliphatic heterocycles. The van der Waals surface area contributed by atoms with Crippen LogP contribution in [-0.2, 0) is 4.79 Å². The highest BCUT2D eigenvalue weighted by molar-refractivity contribution is 14.1. The van der Waals surface area contributed by atoms with Crippen molar-refractivity contribution >= 4 is 34.2 Å². The van der Waals surface area contributed by atoms with E-state index < -0.39 is 0 Å². The standard InChI is InChI=1S/C11H14FIN2O/c1-2-5-14-7-11(16)15-10-4-3-8(12)6-9(10)13/h3-4,6,14H,2,5,7H2,1H3,(H,15,16). The SMILES string of the molecule is CCCNCC(=O)Nc1ccc(F)cc1I. The number of anilines is 1. The first-order chi connectivity index (χ1) is 7.63. The molecule has 0 fully saturated rings. The fourth-order valence-corrected chi connectivity index (χ4v) is 1.78. The minimum atomic E-state index is -0.300. The molecule has 1 rings (SSSR count). The quantitative estimate of drug-likeness (QED) is 0.640. The number of rotatable bonds is 5. The topological polar surface area (TPSA) is 41.1 Å². The van der Waals surface area contributed by atoms with E-state index in [1.165, 1.54) is 12.1 Å². The van der Waals surface area contributed by atoms with Gasteiger partial charge in [-0.15, -0.1) is 0 Å². The summed E-state index contributed by atoms with van der Waals surface area (Å²) in [6, 6.07) is 4.28. The Morgan fingerprint density at radius 3 is 2.88 bits per heavy atom. The van der Waals surface area contributed by atoms with Crippen LogP contribution >= 0.6 is 22.6 Å². The zero-order valence-electron chi connectivity index (χ0n) is 9.02. The lowest BCUT2D eigenvalue weighted by atomic mass is 10.3. The molecule has 1 aromatic rings. The second kappa shape index (κ2) is 6.80. The number of halogens is 2. The van der Waals surface area contributed by atoms with Crippen molar-refractivity contribution in [1.82, 2.24) is 5.32 Å². The summed E-state index contributed by atoms with van der Waals surface area (Å²) in [7, 11) is 0. The van der Waals surface area contributed by atoms with Crippen LogP contribution in [0, 0.1) is 9.39 Å². The molecule has 0 bridgehead atoms. The molecule has 0 spiro atoms. The van der Waals surface area contributed by atoms with Gasteiger partial charge in [0.25, 0.3) is 0 Å². The molecule has 0 atom stereocenters. The molecule has 88 valence electrons. The van der Waals surface area contributed by atoms with E-state index in [0.717, 1.165) is 13.0 Å². The zero-order valence-corrected chi connectivity index (χ0v) is 11.2. The normalized spacial score (nSPS) is 10.2. The van der Waals surface area contributed by atoms with Gasteiger partial charge in [-0.1, -0.05) is 6.92 Å². The monoisotopic (exact) mass is 336 g/mol. The highest BCUT2D eigenvalue weighted by atomic mass is 127. The van der Waals surface area contributed by atoms with E-state index in [4.69, 9.17) is 0 Å². The number of hydrogen-bond acceptors (Lipinski definition) is 2. The Hall–Kier alpha value is -0.690. The minimum absolute atomic E-state index is 0.113. The molecule has 0 aliphatic rings. The Morgan fingerprint density at radius 1 is 1.50 bits per heavy atom. The lowest BCUT2D eigenvalue weighted by Crippen LogP contribution is -2.28. The van der Waals surface area contributed by atoms with E-state index in [0.29, 0.717) is 9.26 Å². The van der Waals surface area contributed by atoms with Crippen molar-refractivity contribution < 1.29 is 9.18 Å². The highest BCUT2D eigenvalue weighted by Crippen LogP contribution is 2.18. The van der Waals surface area contributed by atoms with Gasteiger partial charge in [-0.25, -0.2) is 4.39 Å². The van der Waals surface area contributed by atoms with Gasteiger partial charge in [0.05, 0.1) is 12.2 Å². The van der Waals surface area contributed by atoms with E-state index in [9.17, 15) is 9.18 Å². The summed E-state index contributed by atoms with van der Waals surface area (Å²) < 4.78 is 13.5. The van der Waals surface area contributed by atoms with Crippen LogP contribution in [0.5, 0.6) is 0 Å². The van der Waals surface area contributed by atoms with Gasteiger partial charge in [0.2, 0.25) is 5.91 Å². The molecule has 0 saturated heterocycles. The molecule has 0 saturated carbocycles. The van der Waals surface area contributed by atoms with Crippen molar-refractivity contribution in [2.75, 3.05) is 18.4 Å². The summed E-state index contributed by atoms with van der Waals surface area (Å²) >= 11 is 1.99. The van der Waals surface area contributed by atoms with Gasteiger partial charge >= 0.3 is 0 Å². The Labute approximate surface area is 108 Å². The second-order valence-corrected chi connectivity index (χ2v) is 4.51. The number of benzene rings is 1. The molecular weight excluding hydrogens is 322 g/mol. The maximum Gasteiger partial charge on any atom is 0.238 e. The molecular formula is C11H14FIN2O. The van der Waals surface area contributed by atoms with Crippen molar-refractivity contribution in [3.63, 3.8) is 0 Å². The summed E-state index contributed by atoms with van der Waals surface area (Å²) in [6.45, 7) is 3.13. The van der Waals surface area contributed by atoms with Gasteiger partial charge in [-0.2, -0.15) is 0 Å². The molecule has 0 unspecified atom stereocenters. The van der Waals surface area contributed by atoms with Gasteiger partial charge in [0.1, 0.15) is 5.82 Å². The Bertz CT molecular complexity index is 371. The van der Waals surface area contributed by atoms with E-state index in [2.05, 4.69) is 10.6 Å². The average molecular weight is 336 g/mol. The summed E-state index contributed by atoms with van der Waals surface area (Å²) in [5.41, 5.74) is 0.644. The minimum Gasteiger partial charge on any atom is -0.324 e. The molecule has 0 radical (unpaired) electrons. The molecule has 0 aromatic heterocycles. The summed E-state index contributed by atoms with van der Waals surface area (Å²) in [4.78, 5) is 11.5. The number of hydrogen-bond donors (Lipinski definition) is 2. The van der Waals surface area contributed by atoms with Crippen molar-refractivity contribution in [2.24, 2.45) is 0 Å². The first kappa shape index (κ1) is 13.4. The molecule has 3 nitrogen and oxygen atoms in total. The van der Waals surface area contributed by atoms with Crippen molar-refractivity contribution in [3.8, 4) is 0 Å². The predicted molar refractivity (Wildman–Crippen MR) is 70.9 cm³/mol. The third-order valence-electron chi connectivity index (χ3n) is 1.92. The van der Waals surface area contributed by atoms with E-state index >= 15 is 0 Å². The molecule has 0 heterocycles. The fraction of sp³-hybridized carbons (Fsp3) is 0.364. The maximum atomic E-state index is 12.8. The molecule has 1 aromatic carbocycles. The first-order valence-electron chi connectivity index (χ1n) is 5.09. The van der Waals surface area contributed by atoms with Crippen LogP contribution in [0.25, 0.3) is 0 Å². The first-order valence-corrected chi connectivity index (χ1v) is 6.17. The third-order valence-corrected chi connectivity index (χ3v) is 2.81. The third kappa shape index (κ3) is 4.44. The lowest BCUT2D eigenvalue weighted by molar-refractivity contribution is -0.115. The van der Waals surface area contributed by atoms with E-state index in [-0.39, 0.29) is 18.3 Å². The van der Waals surface area contributed by atoms with Crippen LogP contribution < -0.4 is 10.6 Å². The van der Waals surface area contributed by atoms with Gasteiger partial charge < -0.3 is 10.6 Å². The van der Waals surface area contributed by atoms with Gasteiger partial charge in [0, 0.05) is 3.57 Å². The molecule has 2 N–H and O–H groups in total. The van der Waals surface area contributed by atoms with Crippen molar-refractivity contribution in [2.45, 2.75) is 13.3 Å². The van der Waals surface area contributed by atoms with Crippen LogP contribution in [0.15, 0.2) is 18.2 Å². The van der Waals surface area contributed by atoms with Crippen LogP contribution in [-0.4, -0.2) is 19.0 Å². The molecule has 5 heteroatoms. The molecule has 0 aliphatic carbocycles. The van der Waals surface area contributed by atoms with E-state index in [1.807, 2.05) is 29.5 Å². The number of carbonyl (C=O) groups excluding carboxylic acids is 1. The van der Waals surface area contributed by atoms with Crippen LogP contribution in [0.3, 0.4) is 0 Å². The van der Waals surface area contributed by atoms with Gasteiger partial charge in [0.15, 0.2) is 0 Å². The Balaban J connectivity index is 2.49. The number of amides is 1. The second-order valence-electron chi connectivity index (χ2n) is 3.35.